The summed E-state index contributed by atoms with van der Waals surface area (Å²) in [4.78, 5) is 11.0. The SMILES string of the molecule is O=C(O)c1ccc2c(ccn2-c2ccc(F)cc2)c1Cl. The van der Waals surface area contributed by atoms with Crippen molar-refractivity contribution in [2.45, 2.75) is 0 Å². The van der Waals surface area contributed by atoms with Gasteiger partial charge >= 0.3 is 5.97 Å². The predicted molar refractivity (Wildman–Crippen MR) is 75.2 cm³/mol. The van der Waals surface area contributed by atoms with Crippen LogP contribution in [0.25, 0.3) is 16.6 Å². The van der Waals surface area contributed by atoms with Crippen molar-refractivity contribution in [2.75, 3.05) is 0 Å². The molecule has 0 saturated carbocycles. The predicted octanol–water partition coefficient (Wildman–Crippen LogP) is 4.12. The minimum absolute atomic E-state index is 0.0658. The second kappa shape index (κ2) is 4.65. The third-order valence-corrected chi connectivity index (χ3v) is 3.55. The molecule has 0 aliphatic heterocycles. The average Bonchev–Trinajstić information content (AvgIpc) is 2.84. The standard InChI is InChI=1S/C15H9ClFNO2/c16-14-11-7-8-18(10-3-1-9(17)2-4-10)13(11)6-5-12(14)15(19)20/h1-8H,(H,19,20). The molecule has 100 valence electrons. The fourth-order valence-electron chi connectivity index (χ4n) is 2.17. The van der Waals surface area contributed by atoms with Crippen LogP contribution in [0.5, 0.6) is 0 Å². The monoisotopic (exact) mass is 289 g/mol. The molecule has 0 saturated heterocycles. The van der Waals surface area contributed by atoms with E-state index in [9.17, 15) is 9.18 Å². The topological polar surface area (TPSA) is 42.2 Å². The smallest absolute Gasteiger partial charge is 0.337 e. The van der Waals surface area contributed by atoms with Gasteiger partial charge in [-0.15, -0.1) is 0 Å². The molecule has 0 spiro atoms. The molecule has 0 fully saturated rings. The maximum atomic E-state index is 13.0. The van der Waals surface area contributed by atoms with Gasteiger partial charge in [-0.1, -0.05) is 11.6 Å². The lowest BCUT2D eigenvalue weighted by Crippen LogP contribution is -1.98. The van der Waals surface area contributed by atoms with Crippen LogP contribution in [0.4, 0.5) is 4.39 Å². The summed E-state index contributed by atoms with van der Waals surface area (Å²) in [6.45, 7) is 0. The number of carbonyl (C=O) groups is 1. The molecule has 0 atom stereocenters. The van der Waals surface area contributed by atoms with Gasteiger partial charge in [-0.25, -0.2) is 9.18 Å². The molecular weight excluding hydrogens is 281 g/mol. The maximum absolute atomic E-state index is 13.0. The number of fused-ring (bicyclic) bond motifs is 1. The molecule has 0 aliphatic carbocycles. The number of carboxylic acid groups (broad SMARTS) is 1. The number of halogens is 2. The molecule has 0 amide bonds. The van der Waals surface area contributed by atoms with Crippen LogP contribution in [0.1, 0.15) is 10.4 Å². The number of hydrogen-bond donors (Lipinski definition) is 1. The summed E-state index contributed by atoms with van der Waals surface area (Å²) in [6.07, 6.45) is 1.77. The van der Waals surface area contributed by atoms with Crippen molar-refractivity contribution >= 4 is 28.5 Å². The van der Waals surface area contributed by atoms with Crippen LogP contribution < -0.4 is 0 Å². The van der Waals surface area contributed by atoms with E-state index in [0.29, 0.717) is 5.39 Å². The van der Waals surface area contributed by atoms with Crippen molar-refractivity contribution in [3.63, 3.8) is 0 Å². The van der Waals surface area contributed by atoms with Gasteiger partial charge in [0, 0.05) is 17.3 Å². The van der Waals surface area contributed by atoms with Gasteiger partial charge in [0.2, 0.25) is 0 Å². The molecule has 1 N–H and O–H groups in total. The van der Waals surface area contributed by atoms with Crippen LogP contribution in [-0.4, -0.2) is 15.6 Å². The summed E-state index contributed by atoms with van der Waals surface area (Å²) in [5, 5.41) is 9.90. The van der Waals surface area contributed by atoms with E-state index >= 15 is 0 Å². The lowest BCUT2D eigenvalue weighted by Gasteiger charge is -2.06. The Morgan fingerprint density at radius 3 is 2.45 bits per heavy atom. The van der Waals surface area contributed by atoms with E-state index in [1.54, 1.807) is 30.5 Å². The quantitative estimate of drug-likeness (QED) is 0.771. The maximum Gasteiger partial charge on any atom is 0.337 e. The molecule has 0 radical (unpaired) electrons. The lowest BCUT2D eigenvalue weighted by atomic mass is 10.1. The van der Waals surface area contributed by atoms with E-state index < -0.39 is 5.97 Å². The summed E-state index contributed by atoms with van der Waals surface area (Å²) in [7, 11) is 0. The highest BCUT2D eigenvalue weighted by Gasteiger charge is 2.14. The van der Waals surface area contributed by atoms with Crippen molar-refractivity contribution in [2.24, 2.45) is 0 Å². The van der Waals surface area contributed by atoms with Gasteiger partial charge in [0.25, 0.3) is 0 Å². The zero-order chi connectivity index (χ0) is 14.3. The highest BCUT2D eigenvalue weighted by atomic mass is 35.5. The first-order chi connectivity index (χ1) is 9.58. The Kier molecular flexibility index (Phi) is 2.95. The molecule has 5 heteroatoms. The Hall–Kier alpha value is -2.33. The van der Waals surface area contributed by atoms with E-state index in [1.165, 1.54) is 18.2 Å². The van der Waals surface area contributed by atoms with Crippen molar-refractivity contribution < 1.29 is 14.3 Å². The van der Waals surface area contributed by atoms with Gasteiger partial charge in [-0.05, 0) is 42.5 Å². The minimum atomic E-state index is -1.06. The third kappa shape index (κ3) is 1.94. The van der Waals surface area contributed by atoms with Crippen LogP contribution in [0.2, 0.25) is 5.02 Å². The lowest BCUT2D eigenvalue weighted by molar-refractivity contribution is 0.0697. The normalized spacial score (nSPS) is 10.9. The van der Waals surface area contributed by atoms with Crippen molar-refractivity contribution in [3.05, 3.63) is 65.1 Å². The second-order valence-electron chi connectivity index (χ2n) is 4.33. The molecule has 20 heavy (non-hydrogen) atoms. The highest BCUT2D eigenvalue weighted by Crippen LogP contribution is 2.30. The van der Waals surface area contributed by atoms with Crippen LogP contribution in [0.3, 0.4) is 0 Å². The molecule has 0 bridgehead atoms. The zero-order valence-electron chi connectivity index (χ0n) is 10.2. The summed E-state index contributed by atoms with van der Waals surface area (Å²) >= 11 is 6.11. The highest BCUT2D eigenvalue weighted by molar-refractivity contribution is 6.38. The molecule has 1 aromatic heterocycles. The number of benzene rings is 2. The van der Waals surface area contributed by atoms with E-state index in [-0.39, 0.29) is 16.4 Å². The van der Waals surface area contributed by atoms with Crippen LogP contribution >= 0.6 is 11.6 Å². The van der Waals surface area contributed by atoms with E-state index in [0.717, 1.165) is 11.2 Å². The summed E-state index contributed by atoms with van der Waals surface area (Å²) in [5.74, 6) is -1.37. The largest absolute Gasteiger partial charge is 0.478 e. The number of aromatic nitrogens is 1. The first kappa shape index (κ1) is 12.7. The molecule has 0 aliphatic rings. The molecule has 3 aromatic rings. The Bertz CT molecular complexity index is 809. The number of rotatable bonds is 2. The summed E-state index contributed by atoms with van der Waals surface area (Å²) < 4.78 is 14.8. The van der Waals surface area contributed by atoms with Gasteiger partial charge in [-0.2, -0.15) is 0 Å². The van der Waals surface area contributed by atoms with Gasteiger partial charge in [0.1, 0.15) is 5.82 Å². The van der Waals surface area contributed by atoms with Gasteiger partial charge in [0.15, 0.2) is 0 Å². The third-order valence-electron chi connectivity index (χ3n) is 3.14. The number of aromatic carboxylic acids is 1. The van der Waals surface area contributed by atoms with Gasteiger partial charge in [0.05, 0.1) is 16.1 Å². The Labute approximate surface area is 118 Å². The fraction of sp³-hybridized carbons (Fsp3) is 0. The Balaban J connectivity index is 2.22. The van der Waals surface area contributed by atoms with E-state index in [2.05, 4.69) is 0 Å². The first-order valence-corrected chi connectivity index (χ1v) is 6.24. The van der Waals surface area contributed by atoms with E-state index in [4.69, 9.17) is 16.7 Å². The number of hydrogen-bond acceptors (Lipinski definition) is 1. The van der Waals surface area contributed by atoms with Crippen LogP contribution in [-0.2, 0) is 0 Å². The van der Waals surface area contributed by atoms with Crippen LogP contribution in [0, 0.1) is 5.82 Å². The minimum Gasteiger partial charge on any atom is -0.478 e. The summed E-state index contributed by atoms with van der Waals surface area (Å²) in [5.41, 5.74) is 1.61. The Morgan fingerprint density at radius 2 is 1.80 bits per heavy atom. The van der Waals surface area contributed by atoms with Crippen molar-refractivity contribution in [3.8, 4) is 5.69 Å². The number of carboxylic acids is 1. The summed E-state index contributed by atoms with van der Waals surface area (Å²) in [6, 6.07) is 10.9. The van der Waals surface area contributed by atoms with Crippen molar-refractivity contribution in [1.82, 2.24) is 4.57 Å². The van der Waals surface area contributed by atoms with Crippen LogP contribution in [0.15, 0.2) is 48.7 Å². The molecule has 2 aromatic carbocycles. The van der Waals surface area contributed by atoms with Crippen molar-refractivity contribution in [1.29, 1.82) is 0 Å². The first-order valence-electron chi connectivity index (χ1n) is 5.87. The fourth-order valence-corrected chi connectivity index (χ4v) is 2.48. The molecule has 1 heterocycles. The average molecular weight is 290 g/mol. The molecule has 3 nitrogen and oxygen atoms in total. The van der Waals surface area contributed by atoms with E-state index in [1.807, 2.05) is 4.57 Å². The molecule has 3 rings (SSSR count). The molecule has 0 unspecified atom stereocenters. The van der Waals surface area contributed by atoms with Gasteiger partial charge in [-0.3, -0.25) is 0 Å². The zero-order valence-corrected chi connectivity index (χ0v) is 10.9. The van der Waals surface area contributed by atoms with Gasteiger partial charge < -0.3 is 9.67 Å². The number of nitrogens with zero attached hydrogens (tertiary/aromatic N) is 1. The molecular formula is C15H9ClFNO2. The Morgan fingerprint density at radius 1 is 1.10 bits per heavy atom. The second-order valence-corrected chi connectivity index (χ2v) is 4.71.